The maximum atomic E-state index is 13.0. The minimum absolute atomic E-state index is 0.189. The van der Waals surface area contributed by atoms with Gasteiger partial charge < -0.3 is 4.74 Å². The van der Waals surface area contributed by atoms with E-state index in [0.717, 1.165) is 30.8 Å². The Morgan fingerprint density at radius 3 is 2.82 bits per heavy atom. The molecule has 28 heavy (non-hydrogen) atoms. The molecule has 0 unspecified atom stereocenters. The predicted octanol–water partition coefficient (Wildman–Crippen LogP) is 3.12. The molecule has 2 aromatic rings. The third-order valence-corrected chi connectivity index (χ3v) is 6.11. The lowest BCUT2D eigenvalue weighted by molar-refractivity contribution is -0.116. The predicted molar refractivity (Wildman–Crippen MR) is 117 cm³/mol. The summed E-state index contributed by atoms with van der Waals surface area (Å²) in [6, 6.07) is 11.4. The number of nitrogens with zero attached hydrogens (tertiary/aromatic N) is 3. The average molecular weight is 524 g/mol. The van der Waals surface area contributed by atoms with Crippen molar-refractivity contribution >= 4 is 60.4 Å². The molecule has 0 radical (unpaired) electrons. The quantitative estimate of drug-likeness (QED) is 0.671. The fourth-order valence-corrected chi connectivity index (χ4v) is 5.22. The Morgan fingerprint density at radius 1 is 1.29 bits per heavy atom. The van der Waals surface area contributed by atoms with Crippen LogP contribution in [0.1, 0.15) is 18.7 Å². The minimum atomic E-state index is -0.535. The van der Waals surface area contributed by atoms with E-state index in [1.165, 1.54) is 11.8 Å². The molecule has 2 aliphatic heterocycles. The zero-order valence-electron chi connectivity index (χ0n) is 15.1. The summed E-state index contributed by atoms with van der Waals surface area (Å²) in [4.78, 5) is 17.9. The molecular weight excluding hydrogens is 508 g/mol. The van der Waals surface area contributed by atoms with Gasteiger partial charge in [0.05, 0.1) is 16.9 Å². The summed E-state index contributed by atoms with van der Waals surface area (Å²) in [6.45, 7) is 2.01. The van der Waals surface area contributed by atoms with Crippen molar-refractivity contribution in [2.75, 3.05) is 12.9 Å². The Bertz CT molecular complexity index is 1120. The molecular formula is C19H16Br2N4O2S. The number of ether oxygens (including phenoxy) is 1. The Labute approximate surface area is 183 Å². The van der Waals surface area contributed by atoms with Gasteiger partial charge in [-0.05, 0) is 39.9 Å². The number of para-hydroxylation sites is 1. The topological polar surface area (TPSA) is 66.3 Å². The van der Waals surface area contributed by atoms with Crippen molar-refractivity contribution in [3.8, 4) is 5.75 Å². The summed E-state index contributed by atoms with van der Waals surface area (Å²) < 4.78 is 7.30. The number of rotatable bonds is 3. The Balaban J connectivity index is 2.00. The van der Waals surface area contributed by atoms with Crippen molar-refractivity contribution in [1.82, 2.24) is 10.3 Å². The van der Waals surface area contributed by atoms with Gasteiger partial charge in [-0.3, -0.25) is 15.1 Å². The molecule has 1 N–H and O–H groups in total. The molecule has 2 aromatic carbocycles. The third-order valence-electron chi connectivity index (χ3n) is 4.32. The molecule has 0 saturated heterocycles. The van der Waals surface area contributed by atoms with Crippen LogP contribution >= 0.6 is 43.6 Å². The summed E-state index contributed by atoms with van der Waals surface area (Å²) in [5.41, 5.74) is 1.28. The molecule has 4 rings (SSSR count). The van der Waals surface area contributed by atoms with E-state index in [1.54, 1.807) is 12.1 Å². The Morgan fingerprint density at radius 2 is 2.07 bits per heavy atom. The number of hydrazone groups is 1. The van der Waals surface area contributed by atoms with Gasteiger partial charge in [0.2, 0.25) is 0 Å². The molecule has 144 valence electrons. The monoisotopic (exact) mass is 522 g/mol. The van der Waals surface area contributed by atoms with E-state index in [0.29, 0.717) is 16.6 Å². The first-order valence-electron chi connectivity index (χ1n) is 8.55. The van der Waals surface area contributed by atoms with E-state index in [1.807, 2.05) is 43.3 Å². The highest BCUT2D eigenvalue weighted by molar-refractivity contribution is 9.11. The van der Waals surface area contributed by atoms with Gasteiger partial charge in [-0.25, -0.2) is 5.01 Å². The summed E-state index contributed by atoms with van der Waals surface area (Å²) in [6.07, 6.45) is -0.535. The number of nitrogens with one attached hydrogen (secondary N) is 1. The van der Waals surface area contributed by atoms with E-state index in [2.05, 4.69) is 37.2 Å². The van der Waals surface area contributed by atoms with Crippen molar-refractivity contribution in [2.45, 2.75) is 13.1 Å². The first kappa shape index (κ1) is 19.5. The van der Waals surface area contributed by atoms with Crippen LogP contribution in [0.25, 0.3) is 5.70 Å². The van der Waals surface area contributed by atoms with Crippen LogP contribution in [0.15, 0.2) is 55.4 Å². The Hall–Kier alpha value is -1.84. The standard InChI is InChI=1S/C19H16Br2N4O2S/c1-3-28-19-23-18(26)15-11-6-4-5-7-14(11)22-17(25(15)24-19)12-8-10(20)9-13(21)16(12)27-2/h4-9,17H,3H2,1-2H3,(H,23,24,26)/t17-/m1/s1. The average Bonchev–Trinajstić information content (AvgIpc) is 2.66. The van der Waals surface area contributed by atoms with Crippen LogP contribution in [0.5, 0.6) is 5.75 Å². The third kappa shape index (κ3) is 3.35. The molecule has 6 nitrogen and oxygen atoms in total. The second kappa shape index (κ2) is 7.88. The summed E-state index contributed by atoms with van der Waals surface area (Å²) in [5.74, 6) is 1.26. The van der Waals surface area contributed by atoms with Crippen LogP contribution in [-0.2, 0) is 4.79 Å². The van der Waals surface area contributed by atoms with Crippen molar-refractivity contribution in [1.29, 1.82) is 0 Å². The van der Waals surface area contributed by atoms with Gasteiger partial charge in [-0.1, -0.05) is 52.8 Å². The lowest BCUT2D eigenvalue weighted by Crippen LogP contribution is -2.50. The van der Waals surface area contributed by atoms with Crippen molar-refractivity contribution in [2.24, 2.45) is 10.1 Å². The highest BCUT2D eigenvalue weighted by atomic mass is 79.9. The number of benzene rings is 2. The molecule has 0 saturated carbocycles. The Kier molecular flexibility index (Phi) is 5.48. The van der Waals surface area contributed by atoms with Crippen LogP contribution in [-0.4, -0.2) is 28.9 Å². The zero-order chi connectivity index (χ0) is 19.8. The maximum absolute atomic E-state index is 13.0. The van der Waals surface area contributed by atoms with Gasteiger partial charge in [0.15, 0.2) is 11.3 Å². The molecule has 9 heteroatoms. The number of thioether (sulfide) groups is 1. The summed E-state index contributed by atoms with van der Waals surface area (Å²) >= 11 is 8.57. The number of amides is 1. The molecule has 0 bridgehead atoms. The molecule has 0 spiro atoms. The SMILES string of the molecule is CCSC1=NN2C(=c3ccccc3=N[C@H]2c2cc(Br)cc(Br)c2OC)C(=O)N1. The fraction of sp³-hybridized carbons (Fsp3) is 0.211. The lowest BCUT2D eigenvalue weighted by Gasteiger charge is -2.34. The zero-order valence-corrected chi connectivity index (χ0v) is 19.1. The van der Waals surface area contributed by atoms with Gasteiger partial charge >= 0.3 is 0 Å². The number of hydrogen-bond acceptors (Lipinski definition) is 6. The second-order valence-corrected chi connectivity index (χ2v) is 9.04. The number of fused-ring (bicyclic) bond motifs is 2. The number of carbonyl (C=O) groups is 1. The van der Waals surface area contributed by atoms with E-state index in [-0.39, 0.29) is 5.91 Å². The second-order valence-electron chi connectivity index (χ2n) is 6.02. The van der Waals surface area contributed by atoms with Gasteiger partial charge in [0.1, 0.15) is 11.4 Å². The molecule has 1 amide bonds. The van der Waals surface area contributed by atoms with Crippen molar-refractivity contribution < 1.29 is 9.53 Å². The highest BCUT2D eigenvalue weighted by Crippen LogP contribution is 2.41. The summed E-state index contributed by atoms with van der Waals surface area (Å²) in [5, 5.41) is 11.3. The van der Waals surface area contributed by atoms with Crippen LogP contribution in [0, 0.1) is 0 Å². The summed E-state index contributed by atoms with van der Waals surface area (Å²) in [7, 11) is 1.61. The number of halogens is 2. The number of methoxy groups -OCH3 is 1. The van der Waals surface area contributed by atoms with Gasteiger partial charge in [0, 0.05) is 15.3 Å². The van der Waals surface area contributed by atoms with Gasteiger partial charge in [-0.2, -0.15) is 0 Å². The maximum Gasteiger partial charge on any atom is 0.276 e. The minimum Gasteiger partial charge on any atom is -0.495 e. The van der Waals surface area contributed by atoms with E-state index in [9.17, 15) is 4.79 Å². The van der Waals surface area contributed by atoms with Crippen molar-refractivity contribution in [3.63, 3.8) is 0 Å². The normalized spacial score (nSPS) is 17.9. The van der Waals surface area contributed by atoms with Gasteiger partial charge in [0.25, 0.3) is 5.91 Å². The smallest absolute Gasteiger partial charge is 0.276 e. The number of amidine groups is 1. The lowest BCUT2D eigenvalue weighted by atomic mass is 10.1. The molecule has 0 aromatic heterocycles. The number of hydrogen-bond donors (Lipinski definition) is 1. The molecule has 0 fully saturated rings. The van der Waals surface area contributed by atoms with Crippen molar-refractivity contribution in [3.05, 3.63) is 61.5 Å². The van der Waals surface area contributed by atoms with Crippen LogP contribution in [0.4, 0.5) is 0 Å². The first-order valence-corrected chi connectivity index (χ1v) is 11.1. The molecule has 2 heterocycles. The van der Waals surface area contributed by atoms with Crippen LogP contribution in [0.2, 0.25) is 0 Å². The van der Waals surface area contributed by atoms with Crippen LogP contribution < -0.4 is 20.6 Å². The molecule has 2 aliphatic rings. The fourth-order valence-electron chi connectivity index (χ4n) is 3.22. The van der Waals surface area contributed by atoms with Crippen LogP contribution in [0.3, 0.4) is 0 Å². The van der Waals surface area contributed by atoms with E-state index >= 15 is 0 Å². The highest BCUT2D eigenvalue weighted by Gasteiger charge is 2.36. The molecule has 0 aliphatic carbocycles. The van der Waals surface area contributed by atoms with Gasteiger partial charge in [-0.15, -0.1) is 5.10 Å². The first-order chi connectivity index (χ1) is 13.5. The largest absolute Gasteiger partial charge is 0.495 e. The number of carbonyl (C=O) groups excluding carboxylic acids is 1. The van der Waals surface area contributed by atoms with E-state index < -0.39 is 6.17 Å². The van der Waals surface area contributed by atoms with E-state index in [4.69, 9.17) is 14.8 Å². The molecule has 1 atom stereocenters.